The molecule has 2 heterocycles. The van der Waals surface area contributed by atoms with Crippen LogP contribution in [0.4, 0.5) is 0 Å². The predicted molar refractivity (Wildman–Crippen MR) is 83.4 cm³/mol. The molecule has 0 radical (unpaired) electrons. The third kappa shape index (κ3) is 5.46. The van der Waals surface area contributed by atoms with Gasteiger partial charge in [0.2, 0.25) is 5.91 Å². The summed E-state index contributed by atoms with van der Waals surface area (Å²) in [4.78, 5) is 16.6. The first-order chi connectivity index (χ1) is 8.16. The first-order valence-corrected chi connectivity index (χ1v) is 6.89. The van der Waals surface area contributed by atoms with Crippen molar-refractivity contribution in [2.45, 2.75) is 32.7 Å². The van der Waals surface area contributed by atoms with Crippen LogP contribution in [0.25, 0.3) is 0 Å². The van der Waals surface area contributed by atoms with Crippen LogP contribution in [-0.2, 0) is 4.79 Å². The van der Waals surface area contributed by atoms with Crippen LogP contribution in [0.15, 0.2) is 0 Å². The minimum Gasteiger partial charge on any atom is -0.340 e. The molecule has 6 heteroatoms. The number of rotatable bonds is 3. The van der Waals surface area contributed by atoms with Crippen molar-refractivity contribution in [2.75, 3.05) is 39.3 Å². The SMILES string of the molecule is CC(C)N1CCN(C(=O)CC2CCNC2)CC1.Cl.Cl. The minimum atomic E-state index is 0. The topological polar surface area (TPSA) is 35.6 Å². The summed E-state index contributed by atoms with van der Waals surface area (Å²) < 4.78 is 0. The molecule has 19 heavy (non-hydrogen) atoms. The van der Waals surface area contributed by atoms with Gasteiger partial charge in [-0.15, -0.1) is 24.8 Å². The Morgan fingerprint density at radius 1 is 1.21 bits per heavy atom. The lowest BCUT2D eigenvalue weighted by molar-refractivity contribution is -0.134. The van der Waals surface area contributed by atoms with Crippen LogP contribution in [0.3, 0.4) is 0 Å². The fourth-order valence-electron chi connectivity index (χ4n) is 2.75. The number of amides is 1. The number of halogens is 2. The van der Waals surface area contributed by atoms with Gasteiger partial charge in [0.1, 0.15) is 0 Å². The van der Waals surface area contributed by atoms with Crippen molar-refractivity contribution in [2.24, 2.45) is 5.92 Å². The average Bonchev–Trinajstić information content (AvgIpc) is 2.82. The second-order valence-electron chi connectivity index (χ2n) is 5.57. The molecule has 2 aliphatic rings. The third-order valence-electron chi connectivity index (χ3n) is 4.02. The van der Waals surface area contributed by atoms with E-state index in [1.54, 1.807) is 0 Å². The maximum atomic E-state index is 12.1. The van der Waals surface area contributed by atoms with Crippen molar-refractivity contribution in [3.05, 3.63) is 0 Å². The van der Waals surface area contributed by atoms with Crippen LogP contribution in [-0.4, -0.2) is 61.0 Å². The van der Waals surface area contributed by atoms with E-state index in [2.05, 4.69) is 29.0 Å². The summed E-state index contributed by atoms with van der Waals surface area (Å²) in [6.45, 7) is 10.5. The van der Waals surface area contributed by atoms with Crippen LogP contribution in [0.1, 0.15) is 26.7 Å². The van der Waals surface area contributed by atoms with Gasteiger partial charge < -0.3 is 10.2 Å². The summed E-state index contributed by atoms with van der Waals surface area (Å²) in [5, 5.41) is 3.32. The van der Waals surface area contributed by atoms with Crippen LogP contribution in [0, 0.1) is 5.92 Å². The van der Waals surface area contributed by atoms with E-state index in [0.29, 0.717) is 17.9 Å². The Hall–Kier alpha value is -0.0300. The zero-order valence-corrected chi connectivity index (χ0v) is 13.6. The van der Waals surface area contributed by atoms with Crippen molar-refractivity contribution >= 4 is 30.7 Å². The smallest absolute Gasteiger partial charge is 0.222 e. The average molecular weight is 312 g/mol. The molecule has 2 aliphatic heterocycles. The van der Waals surface area contributed by atoms with Gasteiger partial charge in [-0.3, -0.25) is 9.69 Å². The van der Waals surface area contributed by atoms with E-state index in [9.17, 15) is 4.79 Å². The van der Waals surface area contributed by atoms with E-state index in [1.165, 1.54) is 0 Å². The summed E-state index contributed by atoms with van der Waals surface area (Å²) in [5.74, 6) is 0.938. The molecule has 0 saturated carbocycles. The molecule has 0 spiro atoms. The quantitative estimate of drug-likeness (QED) is 0.855. The lowest BCUT2D eigenvalue weighted by atomic mass is 10.0. The fourth-order valence-corrected chi connectivity index (χ4v) is 2.75. The summed E-state index contributed by atoms with van der Waals surface area (Å²) in [6, 6.07) is 0.603. The first-order valence-electron chi connectivity index (χ1n) is 6.89. The highest BCUT2D eigenvalue weighted by Gasteiger charge is 2.25. The highest BCUT2D eigenvalue weighted by atomic mass is 35.5. The van der Waals surface area contributed by atoms with Gasteiger partial charge in [-0.05, 0) is 39.3 Å². The highest BCUT2D eigenvalue weighted by Crippen LogP contribution is 2.15. The fraction of sp³-hybridized carbons (Fsp3) is 0.923. The maximum Gasteiger partial charge on any atom is 0.222 e. The Bertz CT molecular complexity index is 263. The molecule has 1 unspecified atom stereocenters. The van der Waals surface area contributed by atoms with E-state index in [-0.39, 0.29) is 24.8 Å². The van der Waals surface area contributed by atoms with Gasteiger partial charge in [-0.25, -0.2) is 0 Å². The Morgan fingerprint density at radius 3 is 2.32 bits per heavy atom. The number of hydrogen-bond donors (Lipinski definition) is 1. The van der Waals surface area contributed by atoms with Gasteiger partial charge in [0, 0.05) is 38.6 Å². The van der Waals surface area contributed by atoms with Gasteiger partial charge in [0.25, 0.3) is 0 Å². The number of nitrogens with one attached hydrogen (secondary N) is 1. The summed E-state index contributed by atoms with van der Waals surface area (Å²) in [5.41, 5.74) is 0. The molecule has 0 aromatic heterocycles. The van der Waals surface area contributed by atoms with Gasteiger partial charge in [0.15, 0.2) is 0 Å². The number of hydrogen-bond acceptors (Lipinski definition) is 3. The molecular weight excluding hydrogens is 285 g/mol. The molecule has 0 aromatic rings. The van der Waals surface area contributed by atoms with E-state index in [1.807, 2.05) is 0 Å². The molecule has 1 amide bonds. The Balaban J connectivity index is 0.00000162. The minimum absolute atomic E-state index is 0. The van der Waals surface area contributed by atoms with Gasteiger partial charge >= 0.3 is 0 Å². The molecule has 2 fully saturated rings. The third-order valence-corrected chi connectivity index (χ3v) is 4.02. The molecule has 2 rings (SSSR count). The van der Waals surface area contributed by atoms with Gasteiger partial charge in [-0.2, -0.15) is 0 Å². The summed E-state index contributed by atoms with van der Waals surface area (Å²) >= 11 is 0. The molecule has 1 atom stereocenters. The Morgan fingerprint density at radius 2 is 1.84 bits per heavy atom. The van der Waals surface area contributed by atoms with Crippen molar-refractivity contribution in [1.82, 2.24) is 15.1 Å². The molecule has 114 valence electrons. The summed E-state index contributed by atoms with van der Waals surface area (Å²) in [6.07, 6.45) is 1.91. The van der Waals surface area contributed by atoms with E-state index >= 15 is 0 Å². The lowest BCUT2D eigenvalue weighted by Crippen LogP contribution is -2.51. The monoisotopic (exact) mass is 311 g/mol. The van der Waals surface area contributed by atoms with Crippen molar-refractivity contribution in [3.63, 3.8) is 0 Å². The number of piperazine rings is 1. The zero-order valence-electron chi connectivity index (χ0n) is 11.9. The molecule has 4 nitrogen and oxygen atoms in total. The van der Waals surface area contributed by atoms with Crippen molar-refractivity contribution < 1.29 is 4.79 Å². The van der Waals surface area contributed by atoms with Crippen LogP contribution < -0.4 is 5.32 Å². The van der Waals surface area contributed by atoms with E-state index in [0.717, 1.165) is 52.1 Å². The van der Waals surface area contributed by atoms with Crippen LogP contribution in [0.5, 0.6) is 0 Å². The normalized spacial score (nSPS) is 23.9. The standard InChI is InChI=1S/C13H25N3O.2ClH/c1-11(2)15-5-7-16(8-6-15)13(17)9-12-3-4-14-10-12;;/h11-12,14H,3-10H2,1-2H3;2*1H. The second kappa shape index (κ2) is 9.01. The molecule has 1 N–H and O–H groups in total. The highest BCUT2D eigenvalue weighted by molar-refractivity contribution is 5.85. The number of carbonyl (C=O) groups excluding carboxylic acids is 1. The van der Waals surface area contributed by atoms with Gasteiger partial charge in [0.05, 0.1) is 0 Å². The molecule has 0 aromatic carbocycles. The van der Waals surface area contributed by atoms with Gasteiger partial charge in [-0.1, -0.05) is 0 Å². The molecular formula is C13H27Cl2N3O. The molecule has 0 aliphatic carbocycles. The molecule has 0 bridgehead atoms. The Kier molecular flexibility index (Phi) is 8.99. The van der Waals surface area contributed by atoms with Crippen LogP contribution >= 0.6 is 24.8 Å². The zero-order chi connectivity index (χ0) is 12.3. The molecule has 2 saturated heterocycles. The predicted octanol–water partition coefficient (Wildman–Crippen LogP) is 1.38. The largest absolute Gasteiger partial charge is 0.340 e. The lowest BCUT2D eigenvalue weighted by Gasteiger charge is -2.37. The number of carbonyl (C=O) groups is 1. The van der Waals surface area contributed by atoms with E-state index < -0.39 is 0 Å². The second-order valence-corrected chi connectivity index (χ2v) is 5.57. The maximum absolute atomic E-state index is 12.1. The van der Waals surface area contributed by atoms with Crippen molar-refractivity contribution in [1.29, 1.82) is 0 Å². The van der Waals surface area contributed by atoms with Crippen LogP contribution in [0.2, 0.25) is 0 Å². The number of nitrogens with zero attached hydrogens (tertiary/aromatic N) is 2. The summed E-state index contributed by atoms with van der Waals surface area (Å²) in [7, 11) is 0. The Labute approximate surface area is 129 Å². The van der Waals surface area contributed by atoms with E-state index in [4.69, 9.17) is 0 Å². The first kappa shape index (κ1) is 19.0. The van der Waals surface area contributed by atoms with Crippen molar-refractivity contribution in [3.8, 4) is 0 Å².